The maximum atomic E-state index is 5.85. The van der Waals surface area contributed by atoms with Gasteiger partial charge in [-0.05, 0) is 44.9 Å². The minimum absolute atomic E-state index is 0.434. The lowest BCUT2D eigenvalue weighted by Gasteiger charge is -2.49. The van der Waals surface area contributed by atoms with Crippen LogP contribution in [0.15, 0.2) is 0 Å². The molecule has 2 atom stereocenters. The Balaban J connectivity index is 1.86. The zero-order valence-electron chi connectivity index (χ0n) is 7.55. The second-order valence-corrected chi connectivity index (χ2v) is 4.34. The van der Waals surface area contributed by atoms with Gasteiger partial charge in [0, 0.05) is 0 Å². The third-order valence-corrected chi connectivity index (χ3v) is 3.11. The van der Waals surface area contributed by atoms with Gasteiger partial charge in [0.15, 0.2) is 0 Å². The summed E-state index contributed by atoms with van der Waals surface area (Å²) in [5.41, 5.74) is 0. The molecule has 0 aliphatic heterocycles. The molecule has 0 aromatic heterocycles. The van der Waals surface area contributed by atoms with Gasteiger partial charge in [-0.15, -0.1) is 0 Å². The number of hydrogen-bond acceptors (Lipinski definition) is 1. The molecule has 3 fully saturated rings. The number of ether oxygens (including phenoxy) is 1. The van der Waals surface area contributed by atoms with Crippen LogP contribution in [0, 0.1) is 11.8 Å². The predicted octanol–water partition coefficient (Wildman–Crippen LogP) is 2.60. The predicted molar refractivity (Wildman–Crippen MR) is 45.5 cm³/mol. The van der Waals surface area contributed by atoms with E-state index in [0.717, 1.165) is 11.8 Å². The molecule has 2 bridgehead atoms. The smallest absolute Gasteiger partial charge is 0.0635 e. The molecule has 3 rings (SSSR count). The van der Waals surface area contributed by atoms with E-state index >= 15 is 0 Å². The Morgan fingerprint density at radius 3 is 2.27 bits per heavy atom. The van der Waals surface area contributed by atoms with Gasteiger partial charge in [-0.3, -0.25) is 0 Å². The average molecular weight is 154 g/mol. The van der Waals surface area contributed by atoms with Gasteiger partial charge in [0.1, 0.15) is 0 Å². The van der Waals surface area contributed by atoms with Crippen molar-refractivity contribution in [3.05, 3.63) is 0 Å². The highest BCUT2D eigenvalue weighted by Gasteiger charge is 2.44. The Labute approximate surface area is 69.1 Å². The lowest BCUT2D eigenvalue weighted by Crippen LogP contribution is -2.48. The minimum atomic E-state index is 0.434. The Morgan fingerprint density at radius 1 is 1.18 bits per heavy atom. The molecule has 0 radical (unpaired) electrons. The monoisotopic (exact) mass is 154 g/mol. The molecule has 3 aliphatic rings. The summed E-state index contributed by atoms with van der Waals surface area (Å²) in [6, 6.07) is 0. The van der Waals surface area contributed by atoms with E-state index in [2.05, 4.69) is 13.8 Å². The topological polar surface area (TPSA) is 9.23 Å². The van der Waals surface area contributed by atoms with E-state index < -0.39 is 0 Å². The fraction of sp³-hybridized carbons (Fsp3) is 1.00. The van der Waals surface area contributed by atoms with Crippen molar-refractivity contribution in [1.82, 2.24) is 0 Å². The van der Waals surface area contributed by atoms with E-state index in [-0.39, 0.29) is 0 Å². The van der Waals surface area contributed by atoms with Crippen LogP contribution in [0.2, 0.25) is 0 Å². The summed E-state index contributed by atoms with van der Waals surface area (Å²) in [6.07, 6.45) is 6.83. The number of rotatable bonds is 2. The van der Waals surface area contributed by atoms with Crippen LogP contribution in [0.1, 0.15) is 39.5 Å². The first kappa shape index (κ1) is 7.60. The van der Waals surface area contributed by atoms with Crippen LogP contribution in [-0.2, 0) is 4.74 Å². The fourth-order valence-electron chi connectivity index (χ4n) is 2.59. The lowest BCUT2D eigenvalue weighted by molar-refractivity contribution is -0.141. The Kier molecular flexibility index (Phi) is 1.92. The highest BCUT2D eigenvalue weighted by atomic mass is 16.5. The summed E-state index contributed by atoms with van der Waals surface area (Å²) in [4.78, 5) is 0. The molecule has 0 N–H and O–H groups in total. The van der Waals surface area contributed by atoms with Crippen LogP contribution < -0.4 is 0 Å². The summed E-state index contributed by atoms with van der Waals surface area (Å²) in [5.74, 6) is 1.85. The molecule has 0 saturated heterocycles. The van der Waals surface area contributed by atoms with E-state index in [1.165, 1.54) is 25.7 Å². The van der Waals surface area contributed by atoms with Crippen molar-refractivity contribution in [2.75, 3.05) is 0 Å². The van der Waals surface area contributed by atoms with Crippen molar-refractivity contribution in [2.45, 2.75) is 51.7 Å². The molecule has 1 nitrogen and oxygen atoms in total. The molecule has 64 valence electrons. The molecule has 2 unspecified atom stereocenters. The molecule has 3 saturated carbocycles. The minimum Gasteiger partial charge on any atom is -0.375 e. The molecule has 0 amide bonds. The van der Waals surface area contributed by atoms with E-state index in [0.29, 0.717) is 12.2 Å². The number of hydrogen-bond donors (Lipinski definition) is 0. The van der Waals surface area contributed by atoms with Crippen molar-refractivity contribution in [3.63, 3.8) is 0 Å². The second kappa shape index (κ2) is 2.78. The summed E-state index contributed by atoms with van der Waals surface area (Å²) in [7, 11) is 0. The van der Waals surface area contributed by atoms with Gasteiger partial charge in [0.05, 0.1) is 12.2 Å². The van der Waals surface area contributed by atoms with Crippen molar-refractivity contribution in [3.8, 4) is 0 Å². The molecular weight excluding hydrogens is 136 g/mol. The van der Waals surface area contributed by atoms with Crippen LogP contribution in [-0.4, -0.2) is 12.2 Å². The van der Waals surface area contributed by atoms with Crippen LogP contribution in [0.25, 0.3) is 0 Å². The molecule has 0 aromatic rings. The van der Waals surface area contributed by atoms with Gasteiger partial charge in [0.2, 0.25) is 0 Å². The van der Waals surface area contributed by atoms with E-state index in [1.807, 2.05) is 0 Å². The maximum absolute atomic E-state index is 5.85. The van der Waals surface area contributed by atoms with Gasteiger partial charge < -0.3 is 4.74 Å². The first-order valence-electron chi connectivity index (χ1n) is 4.93. The molecule has 0 heterocycles. The third-order valence-electron chi connectivity index (χ3n) is 3.11. The van der Waals surface area contributed by atoms with Gasteiger partial charge in [-0.2, -0.15) is 0 Å². The maximum Gasteiger partial charge on any atom is 0.0635 e. The highest BCUT2D eigenvalue weighted by Crippen LogP contribution is 2.47. The van der Waals surface area contributed by atoms with Crippen molar-refractivity contribution >= 4 is 0 Å². The number of fused-ring (bicyclic) bond motifs is 2. The van der Waals surface area contributed by atoms with Crippen LogP contribution in [0.4, 0.5) is 0 Å². The zero-order chi connectivity index (χ0) is 7.84. The Bertz CT molecular complexity index is 128. The summed E-state index contributed by atoms with van der Waals surface area (Å²) >= 11 is 0. The van der Waals surface area contributed by atoms with E-state index in [9.17, 15) is 0 Å². The summed E-state index contributed by atoms with van der Waals surface area (Å²) < 4.78 is 5.85. The molecular formula is C10H18O. The van der Waals surface area contributed by atoms with Gasteiger partial charge in [0.25, 0.3) is 0 Å². The van der Waals surface area contributed by atoms with Crippen LogP contribution in [0.3, 0.4) is 0 Å². The zero-order valence-corrected chi connectivity index (χ0v) is 7.55. The van der Waals surface area contributed by atoms with Crippen molar-refractivity contribution < 1.29 is 4.74 Å². The lowest BCUT2D eigenvalue weighted by atomic mass is 9.63. The van der Waals surface area contributed by atoms with Crippen LogP contribution in [0.5, 0.6) is 0 Å². The summed E-state index contributed by atoms with van der Waals surface area (Å²) in [5, 5.41) is 0. The van der Waals surface area contributed by atoms with Crippen molar-refractivity contribution in [1.29, 1.82) is 0 Å². The van der Waals surface area contributed by atoms with Crippen LogP contribution >= 0.6 is 0 Å². The SMILES string of the molecule is CC(C)OC1C2CCCC1C2. The first-order chi connectivity index (χ1) is 5.27. The highest BCUT2D eigenvalue weighted by molar-refractivity contribution is 4.94. The molecule has 0 aromatic carbocycles. The Morgan fingerprint density at radius 2 is 1.82 bits per heavy atom. The van der Waals surface area contributed by atoms with Gasteiger partial charge in [-0.25, -0.2) is 0 Å². The Hall–Kier alpha value is -0.0400. The van der Waals surface area contributed by atoms with Crippen molar-refractivity contribution in [2.24, 2.45) is 11.8 Å². The first-order valence-corrected chi connectivity index (χ1v) is 4.93. The second-order valence-electron chi connectivity index (χ2n) is 4.34. The third kappa shape index (κ3) is 1.31. The van der Waals surface area contributed by atoms with Gasteiger partial charge >= 0.3 is 0 Å². The largest absolute Gasteiger partial charge is 0.375 e. The average Bonchev–Trinajstić information content (AvgIpc) is 2.01. The van der Waals surface area contributed by atoms with E-state index in [1.54, 1.807) is 0 Å². The summed E-state index contributed by atoms with van der Waals surface area (Å²) in [6.45, 7) is 4.29. The molecule has 0 spiro atoms. The van der Waals surface area contributed by atoms with Gasteiger partial charge in [-0.1, -0.05) is 6.42 Å². The standard InChI is InChI=1S/C10H18O/c1-7(2)11-10-8-4-3-5-9(10)6-8/h7-10H,3-6H2,1-2H3. The normalized spacial score (nSPS) is 42.3. The molecule has 11 heavy (non-hydrogen) atoms. The fourth-order valence-corrected chi connectivity index (χ4v) is 2.59. The quantitative estimate of drug-likeness (QED) is 0.594. The van der Waals surface area contributed by atoms with E-state index in [4.69, 9.17) is 4.74 Å². The molecule has 3 aliphatic carbocycles. The molecule has 1 heteroatoms.